The van der Waals surface area contributed by atoms with E-state index in [1.54, 1.807) is 30.0 Å². The second-order valence-electron chi connectivity index (χ2n) is 4.99. The molecule has 0 saturated carbocycles. The van der Waals surface area contributed by atoms with Crippen molar-refractivity contribution in [3.63, 3.8) is 0 Å². The topological polar surface area (TPSA) is 64.3 Å². The molecule has 2 rings (SSSR count). The summed E-state index contributed by atoms with van der Waals surface area (Å²) in [5, 5.41) is 18.1. The largest absolute Gasteiger partial charge is 0.480 e. The molecule has 0 aromatic heterocycles. The molecule has 1 aromatic rings. The van der Waals surface area contributed by atoms with E-state index in [9.17, 15) is 14.3 Å². The van der Waals surface area contributed by atoms with Crippen LogP contribution in [-0.2, 0) is 11.3 Å². The second-order valence-corrected chi connectivity index (χ2v) is 4.99. The van der Waals surface area contributed by atoms with Gasteiger partial charge in [-0.25, -0.2) is 4.39 Å². The average Bonchev–Trinajstić information content (AvgIpc) is 2.75. The van der Waals surface area contributed by atoms with E-state index in [1.165, 1.54) is 6.07 Å². The third-order valence-electron chi connectivity index (χ3n) is 3.81. The first-order chi connectivity index (χ1) is 8.99. The number of halogens is 1. The normalized spacial score (nSPS) is 23.2. The minimum Gasteiger partial charge on any atom is -0.480 e. The fourth-order valence-electron chi connectivity index (χ4n) is 2.51. The first-order valence-corrected chi connectivity index (χ1v) is 6.15. The summed E-state index contributed by atoms with van der Waals surface area (Å²) in [4.78, 5) is 13.1. The first kappa shape index (κ1) is 13.5. The maximum atomic E-state index is 14.0. The van der Waals surface area contributed by atoms with Crippen LogP contribution in [0.5, 0.6) is 0 Å². The maximum absolute atomic E-state index is 14.0. The van der Waals surface area contributed by atoms with Crippen molar-refractivity contribution in [3.8, 4) is 6.07 Å². The molecule has 1 unspecified atom stereocenters. The number of aliphatic carboxylic acids is 1. The van der Waals surface area contributed by atoms with Gasteiger partial charge in [0.05, 0.1) is 5.56 Å². The summed E-state index contributed by atoms with van der Waals surface area (Å²) >= 11 is 0. The molecule has 1 aliphatic heterocycles. The molecular formula is C14H15FN2O2. The molecule has 1 N–H and O–H groups in total. The summed E-state index contributed by atoms with van der Waals surface area (Å²) in [7, 11) is 0. The molecule has 1 saturated heterocycles. The number of nitrogens with zero attached hydrogens (tertiary/aromatic N) is 2. The maximum Gasteiger partial charge on any atom is 0.323 e. The van der Waals surface area contributed by atoms with Crippen molar-refractivity contribution in [2.45, 2.75) is 31.8 Å². The van der Waals surface area contributed by atoms with Crippen molar-refractivity contribution < 1.29 is 14.3 Å². The highest BCUT2D eigenvalue weighted by atomic mass is 19.1. The molecule has 0 amide bonds. The van der Waals surface area contributed by atoms with Gasteiger partial charge in [-0.2, -0.15) is 5.26 Å². The van der Waals surface area contributed by atoms with Crippen LogP contribution in [-0.4, -0.2) is 28.1 Å². The highest BCUT2D eigenvalue weighted by Crippen LogP contribution is 2.31. The van der Waals surface area contributed by atoms with Gasteiger partial charge in [-0.1, -0.05) is 12.1 Å². The van der Waals surface area contributed by atoms with Crippen LogP contribution in [0.1, 0.15) is 30.9 Å². The highest BCUT2D eigenvalue weighted by Gasteiger charge is 2.43. The van der Waals surface area contributed by atoms with Crippen LogP contribution < -0.4 is 0 Å². The molecule has 100 valence electrons. The van der Waals surface area contributed by atoms with E-state index in [2.05, 4.69) is 0 Å². The van der Waals surface area contributed by atoms with Gasteiger partial charge in [0.2, 0.25) is 0 Å². The van der Waals surface area contributed by atoms with E-state index in [4.69, 9.17) is 5.26 Å². The van der Waals surface area contributed by atoms with Gasteiger partial charge in [-0.3, -0.25) is 9.69 Å². The van der Waals surface area contributed by atoms with Crippen LogP contribution in [0.4, 0.5) is 4.39 Å². The molecule has 1 atom stereocenters. The Morgan fingerprint density at radius 1 is 1.63 bits per heavy atom. The van der Waals surface area contributed by atoms with Crippen LogP contribution in [0.2, 0.25) is 0 Å². The smallest absolute Gasteiger partial charge is 0.323 e. The summed E-state index contributed by atoms with van der Waals surface area (Å²) < 4.78 is 14.0. The monoisotopic (exact) mass is 262 g/mol. The zero-order valence-corrected chi connectivity index (χ0v) is 10.7. The molecule has 0 radical (unpaired) electrons. The average molecular weight is 262 g/mol. The van der Waals surface area contributed by atoms with Crippen molar-refractivity contribution in [2.24, 2.45) is 0 Å². The zero-order valence-electron chi connectivity index (χ0n) is 10.7. The van der Waals surface area contributed by atoms with Gasteiger partial charge < -0.3 is 5.11 Å². The van der Waals surface area contributed by atoms with Gasteiger partial charge in [-0.15, -0.1) is 0 Å². The third kappa shape index (κ3) is 2.32. The van der Waals surface area contributed by atoms with Gasteiger partial charge >= 0.3 is 5.97 Å². The number of rotatable bonds is 3. The molecule has 19 heavy (non-hydrogen) atoms. The summed E-state index contributed by atoms with van der Waals surface area (Å²) in [6.45, 7) is 2.50. The fraction of sp³-hybridized carbons (Fsp3) is 0.429. The molecule has 1 aromatic carbocycles. The lowest BCUT2D eigenvalue weighted by Crippen LogP contribution is -2.47. The van der Waals surface area contributed by atoms with Crippen LogP contribution >= 0.6 is 0 Å². The number of nitriles is 1. The fourth-order valence-corrected chi connectivity index (χ4v) is 2.51. The summed E-state index contributed by atoms with van der Waals surface area (Å²) in [6, 6.07) is 6.42. The number of carbonyl (C=O) groups is 1. The number of hydrogen-bond donors (Lipinski definition) is 1. The molecule has 0 bridgehead atoms. The standard InChI is InChI=1S/C14H15FN2O2/c1-14(13(18)19)6-3-7-17(14)9-11-5-2-4-10(8-16)12(11)15/h2,4-5H,3,6-7,9H2,1H3,(H,18,19). The van der Waals surface area contributed by atoms with Crippen molar-refractivity contribution >= 4 is 5.97 Å². The molecule has 0 spiro atoms. The predicted molar refractivity (Wildman–Crippen MR) is 66.8 cm³/mol. The minimum absolute atomic E-state index is 0.00581. The van der Waals surface area contributed by atoms with Crippen molar-refractivity contribution in [1.82, 2.24) is 4.90 Å². The van der Waals surface area contributed by atoms with E-state index >= 15 is 0 Å². The number of likely N-dealkylation sites (tertiary alicyclic amines) is 1. The van der Waals surface area contributed by atoms with Crippen molar-refractivity contribution in [1.29, 1.82) is 5.26 Å². The summed E-state index contributed by atoms with van der Waals surface area (Å²) in [5.41, 5.74) is -0.586. The molecule has 1 fully saturated rings. The Morgan fingerprint density at radius 3 is 3.00 bits per heavy atom. The van der Waals surface area contributed by atoms with Crippen LogP contribution in [0.25, 0.3) is 0 Å². The van der Waals surface area contributed by atoms with Crippen molar-refractivity contribution in [2.75, 3.05) is 6.54 Å². The van der Waals surface area contributed by atoms with E-state index in [-0.39, 0.29) is 12.1 Å². The number of hydrogen-bond acceptors (Lipinski definition) is 3. The van der Waals surface area contributed by atoms with Crippen LogP contribution in [0, 0.1) is 17.1 Å². The van der Waals surface area contributed by atoms with E-state index in [0.717, 1.165) is 6.42 Å². The molecule has 5 heteroatoms. The second kappa shape index (κ2) is 4.98. The summed E-state index contributed by atoms with van der Waals surface area (Å²) in [6.07, 6.45) is 1.34. The lowest BCUT2D eigenvalue weighted by atomic mass is 9.98. The zero-order chi connectivity index (χ0) is 14.0. The van der Waals surface area contributed by atoms with E-state index in [1.807, 2.05) is 0 Å². The van der Waals surface area contributed by atoms with Gasteiger partial charge in [0.1, 0.15) is 17.4 Å². The first-order valence-electron chi connectivity index (χ1n) is 6.15. The van der Waals surface area contributed by atoms with Crippen LogP contribution in [0.3, 0.4) is 0 Å². The van der Waals surface area contributed by atoms with E-state index in [0.29, 0.717) is 18.5 Å². The Labute approximate surface area is 111 Å². The van der Waals surface area contributed by atoms with Gasteiger partial charge in [-0.05, 0) is 32.4 Å². The lowest BCUT2D eigenvalue weighted by molar-refractivity contribution is -0.148. The molecule has 4 nitrogen and oxygen atoms in total. The quantitative estimate of drug-likeness (QED) is 0.906. The molecule has 1 aliphatic rings. The molecule has 1 heterocycles. The Hall–Kier alpha value is -1.93. The Kier molecular flexibility index (Phi) is 3.54. The predicted octanol–water partition coefficient (Wildman–Crippen LogP) is 2.14. The van der Waals surface area contributed by atoms with Gasteiger partial charge in [0.25, 0.3) is 0 Å². The summed E-state index contributed by atoms with van der Waals surface area (Å²) in [5.74, 6) is -1.44. The Balaban J connectivity index is 2.27. The third-order valence-corrected chi connectivity index (χ3v) is 3.81. The number of benzene rings is 1. The van der Waals surface area contributed by atoms with Crippen LogP contribution in [0.15, 0.2) is 18.2 Å². The number of carboxylic acid groups (broad SMARTS) is 1. The van der Waals surface area contributed by atoms with Gasteiger partial charge in [0.15, 0.2) is 0 Å². The SMILES string of the molecule is CC1(C(=O)O)CCCN1Cc1cccc(C#N)c1F. The Bertz CT molecular complexity index is 553. The Morgan fingerprint density at radius 2 is 2.37 bits per heavy atom. The number of carboxylic acids is 1. The lowest BCUT2D eigenvalue weighted by Gasteiger charge is -2.31. The van der Waals surface area contributed by atoms with E-state index < -0.39 is 17.3 Å². The van der Waals surface area contributed by atoms with Gasteiger partial charge in [0, 0.05) is 12.1 Å². The molecular weight excluding hydrogens is 247 g/mol. The van der Waals surface area contributed by atoms with Crippen molar-refractivity contribution in [3.05, 3.63) is 35.1 Å². The minimum atomic E-state index is -0.949. The molecule has 0 aliphatic carbocycles. The highest BCUT2D eigenvalue weighted by molar-refractivity contribution is 5.78.